The number of anilines is 1. The first-order chi connectivity index (χ1) is 19.5. The van der Waals surface area contributed by atoms with Gasteiger partial charge in [0.25, 0.3) is 5.91 Å². The first kappa shape index (κ1) is 27.8. The van der Waals surface area contributed by atoms with Gasteiger partial charge in [-0.3, -0.25) is 4.79 Å². The van der Waals surface area contributed by atoms with Gasteiger partial charge in [0.2, 0.25) is 5.36 Å². The van der Waals surface area contributed by atoms with Gasteiger partial charge in [0, 0.05) is 60.4 Å². The Kier molecular flexibility index (Phi) is 8.43. The summed E-state index contributed by atoms with van der Waals surface area (Å²) >= 11 is 0. The number of benzene rings is 3. The topological polar surface area (TPSA) is 48.9 Å². The molecule has 6 nitrogen and oxygen atoms in total. The molecule has 2 aliphatic heterocycles. The minimum atomic E-state index is 0.101. The van der Waals surface area contributed by atoms with Gasteiger partial charge < -0.3 is 19.0 Å². The maximum atomic E-state index is 13.9. The highest BCUT2D eigenvalue weighted by Gasteiger charge is 2.26. The average molecular weight is 541 g/mol. The third kappa shape index (κ3) is 5.07. The molecule has 0 radical (unpaired) electrons. The summed E-state index contributed by atoms with van der Waals surface area (Å²) in [6.07, 6.45) is 3.30. The quantitative estimate of drug-likeness (QED) is 0.189. The number of methoxy groups -OCH3 is 1. The lowest BCUT2D eigenvalue weighted by atomic mass is 9.90. The van der Waals surface area contributed by atoms with Crippen molar-refractivity contribution in [3.63, 3.8) is 0 Å². The summed E-state index contributed by atoms with van der Waals surface area (Å²) in [4.78, 5) is 18.2. The van der Waals surface area contributed by atoms with Gasteiger partial charge in [0.05, 0.1) is 18.9 Å². The van der Waals surface area contributed by atoms with E-state index in [1.807, 2.05) is 23.1 Å². The van der Waals surface area contributed by atoms with Gasteiger partial charge >= 0.3 is 0 Å². The normalized spacial score (nSPS) is 13.6. The van der Waals surface area contributed by atoms with Gasteiger partial charge in [0.15, 0.2) is 0 Å². The summed E-state index contributed by atoms with van der Waals surface area (Å²) in [6, 6.07) is 18.7. The molecule has 0 spiro atoms. The van der Waals surface area contributed by atoms with Crippen molar-refractivity contribution in [2.75, 3.05) is 51.3 Å². The lowest BCUT2D eigenvalue weighted by Gasteiger charge is -2.28. The third-order valence-corrected chi connectivity index (χ3v) is 8.31. The zero-order valence-electron chi connectivity index (χ0n) is 24.6. The molecule has 0 atom stereocenters. The second-order valence-electron chi connectivity index (χ2n) is 10.4. The number of fused-ring (bicyclic) bond motifs is 2. The van der Waals surface area contributed by atoms with Crippen LogP contribution in [0.4, 0.5) is 5.69 Å². The molecule has 6 heteroatoms. The van der Waals surface area contributed by atoms with Crippen LogP contribution in [0.3, 0.4) is 0 Å². The Morgan fingerprint density at radius 2 is 1.65 bits per heavy atom. The lowest BCUT2D eigenvalue weighted by molar-refractivity contribution is 0.0725. The van der Waals surface area contributed by atoms with E-state index in [1.54, 1.807) is 7.11 Å². The van der Waals surface area contributed by atoms with Gasteiger partial charge in [0.1, 0.15) is 30.2 Å². The first-order valence-corrected chi connectivity index (χ1v) is 14.8. The number of ether oxygens (including phenoxy) is 1. The average Bonchev–Trinajstić information content (AvgIpc) is 3.00. The second kappa shape index (κ2) is 12.2. The van der Waals surface area contributed by atoms with E-state index in [1.165, 1.54) is 6.42 Å². The Bertz CT molecular complexity index is 1540. The molecule has 0 saturated carbocycles. The molecule has 3 aliphatic rings. The Morgan fingerprint density at radius 3 is 2.33 bits per heavy atom. The molecule has 0 unspecified atom stereocenters. The molecule has 210 valence electrons. The Balaban J connectivity index is 1.85. The number of hydrogen-bond donors (Lipinski definition) is 0. The summed E-state index contributed by atoms with van der Waals surface area (Å²) in [5.74, 6) is 1.71. The Hall–Kier alpha value is -3.80. The highest BCUT2D eigenvalue weighted by molar-refractivity contribution is 6.10. The molecule has 0 aromatic heterocycles. The summed E-state index contributed by atoms with van der Waals surface area (Å²) < 4.78 is 14.9. The summed E-state index contributed by atoms with van der Waals surface area (Å²) in [5.41, 5.74) is 5.44. The smallest absolute Gasteiger partial charge is 0.254 e. The van der Waals surface area contributed by atoms with Crippen LogP contribution in [0, 0.1) is 0 Å². The maximum absolute atomic E-state index is 13.9. The van der Waals surface area contributed by atoms with E-state index >= 15 is 0 Å². The van der Waals surface area contributed by atoms with Gasteiger partial charge in [-0.25, -0.2) is 4.58 Å². The van der Waals surface area contributed by atoms with Crippen molar-refractivity contribution < 1.29 is 13.9 Å². The number of likely N-dealkylation sites (tertiary alicyclic amines) is 1. The zero-order chi connectivity index (χ0) is 28.2. The Morgan fingerprint density at radius 1 is 0.925 bits per heavy atom. The zero-order valence-corrected chi connectivity index (χ0v) is 24.6. The van der Waals surface area contributed by atoms with Crippen LogP contribution in [-0.2, 0) is 0 Å². The SMILES string of the molecule is CCN(CC)c1cc2oc3cc(=[N+](CC)CC)ccc-3c(-c3ccccc3C(=O)N3CCCCC3)c2cc1OC. The largest absolute Gasteiger partial charge is 0.495 e. The highest BCUT2D eigenvalue weighted by atomic mass is 16.5. The molecular weight excluding hydrogens is 498 g/mol. The van der Waals surface area contributed by atoms with Crippen molar-refractivity contribution >= 4 is 22.6 Å². The van der Waals surface area contributed by atoms with Crippen LogP contribution in [0.5, 0.6) is 5.75 Å². The van der Waals surface area contributed by atoms with Crippen molar-refractivity contribution in [1.29, 1.82) is 0 Å². The number of piperidine rings is 1. The fraction of sp³-hybridized carbons (Fsp3) is 0.412. The number of amides is 1. The van der Waals surface area contributed by atoms with Crippen LogP contribution in [0.2, 0.25) is 0 Å². The van der Waals surface area contributed by atoms with E-state index in [-0.39, 0.29) is 5.91 Å². The van der Waals surface area contributed by atoms with Gasteiger partial charge in [-0.05, 0) is 70.7 Å². The molecule has 0 N–H and O–H groups in total. The summed E-state index contributed by atoms with van der Waals surface area (Å²) in [5, 5.41) is 2.07. The molecule has 40 heavy (non-hydrogen) atoms. The van der Waals surface area contributed by atoms with Crippen LogP contribution in [0.1, 0.15) is 57.3 Å². The molecule has 1 aliphatic carbocycles. The molecule has 2 aromatic carbocycles. The molecular formula is C34H42N3O3+. The summed E-state index contributed by atoms with van der Waals surface area (Å²) in [6.45, 7) is 13.8. The molecule has 2 aromatic rings. The number of carbonyl (C=O) groups excluding carboxylic acids is 1. The van der Waals surface area contributed by atoms with Crippen LogP contribution >= 0.6 is 0 Å². The Labute approximate surface area is 237 Å². The second-order valence-corrected chi connectivity index (χ2v) is 10.4. The van der Waals surface area contributed by atoms with Gasteiger partial charge in [-0.1, -0.05) is 18.2 Å². The highest BCUT2D eigenvalue weighted by Crippen LogP contribution is 2.45. The van der Waals surface area contributed by atoms with E-state index in [0.29, 0.717) is 0 Å². The van der Waals surface area contributed by atoms with E-state index in [4.69, 9.17) is 9.15 Å². The van der Waals surface area contributed by atoms with Crippen molar-refractivity contribution in [2.45, 2.75) is 47.0 Å². The standard InChI is InChI=1S/C34H42N3O3/c1-6-35(7-2)24-17-18-27-30(21-24)40-31-23-29(36(8-3)9-4)32(39-5)22-28(31)33(27)25-15-11-12-16-26(25)34(38)37-19-13-10-14-20-37/h11-12,15-18,21-23H,6-10,13-14,19-20H2,1-5H3/q+1. The fourth-order valence-electron chi connectivity index (χ4n) is 6.10. The minimum absolute atomic E-state index is 0.101. The lowest BCUT2D eigenvalue weighted by Crippen LogP contribution is -2.35. The third-order valence-electron chi connectivity index (χ3n) is 8.31. The molecule has 1 fully saturated rings. The molecule has 5 rings (SSSR count). The number of nitrogens with zero attached hydrogens (tertiary/aromatic N) is 3. The number of hydrogen-bond acceptors (Lipinski definition) is 4. The van der Waals surface area contributed by atoms with Crippen molar-refractivity contribution in [3.05, 3.63) is 65.5 Å². The number of rotatable bonds is 8. The van der Waals surface area contributed by atoms with Crippen LogP contribution in [0.15, 0.2) is 59.0 Å². The van der Waals surface area contributed by atoms with Crippen molar-refractivity contribution in [1.82, 2.24) is 9.48 Å². The van der Waals surface area contributed by atoms with E-state index in [9.17, 15) is 4.79 Å². The van der Waals surface area contributed by atoms with Crippen LogP contribution in [-0.4, -0.2) is 57.2 Å². The fourth-order valence-corrected chi connectivity index (χ4v) is 6.10. The van der Waals surface area contributed by atoms with Crippen molar-refractivity contribution in [3.8, 4) is 28.2 Å². The monoisotopic (exact) mass is 540 g/mol. The summed E-state index contributed by atoms with van der Waals surface area (Å²) in [7, 11) is 1.72. The van der Waals surface area contributed by atoms with Crippen molar-refractivity contribution in [2.24, 2.45) is 0 Å². The minimum Gasteiger partial charge on any atom is -0.495 e. The number of carbonyl (C=O) groups is 1. The van der Waals surface area contributed by atoms with E-state index in [2.05, 4.69) is 73.6 Å². The molecule has 0 bridgehead atoms. The van der Waals surface area contributed by atoms with Crippen LogP contribution in [0.25, 0.3) is 33.4 Å². The molecule has 2 heterocycles. The predicted octanol–water partition coefficient (Wildman–Crippen LogP) is 6.50. The van der Waals surface area contributed by atoms with Gasteiger partial charge in [-0.15, -0.1) is 0 Å². The first-order valence-electron chi connectivity index (χ1n) is 14.8. The van der Waals surface area contributed by atoms with Crippen LogP contribution < -0.4 is 19.6 Å². The predicted molar refractivity (Wildman–Crippen MR) is 164 cm³/mol. The molecule has 1 amide bonds. The maximum Gasteiger partial charge on any atom is 0.254 e. The van der Waals surface area contributed by atoms with E-state index in [0.717, 1.165) is 108 Å². The van der Waals surface area contributed by atoms with Gasteiger partial charge in [-0.2, -0.15) is 0 Å². The van der Waals surface area contributed by atoms with E-state index < -0.39 is 0 Å². The molecule has 1 saturated heterocycles.